The van der Waals surface area contributed by atoms with Gasteiger partial charge in [0.25, 0.3) is 0 Å². The molecule has 3 amide bonds. The molecule has 10 N–H and O–H groups in total. The van der Waals surface area contributed by atoms with Gasteiger partial charge < -0.3 is 47.0 Å². The lowest BCUT2D eigenvalue weighted by atomic mass is 10.0. The summed E-state index contributed by atoms with van der Waals surface area (Å²) in [6, 6.07) is 0.724. The Kier molecular flexibility index (Phi) is 11.1. The highest BCUT2D eigenvalue weighted by molar-refractivity contribution is 5.94. The lowest BCUT2D eigenvalue weighted by Gasteiger charge is -2.25. The van der Waals surface area contributed by atoms with Crippen LogP contribution < -0.4 is 21.7 Å². The third-order valence-corrected chi connectivity index (χ3v) is 6.22. The topological polar surface area (TPSA) is 266 Å². The molecule has 42 heavy (non-hydrogen) atoms. The predicted octanol–water partition coefficient (Wildman–Crippen LogP) is -1.40. The molecule has 0 bridgehead atoms. The lowest BCUT2D eigenvalue weighted by molar-refractivity contribution is -0.142. The fourth-order valence-electron chi connectivity index (χ4n) is 3.95. The number of nitrogens with two attached hydrogens (primary N) is 1. The monoisotopic (exact) mass is 584 g/mol. The molecule has 0 aliphatic carbocycles. The van der Waals surface area contributed by atoms with Crippen molar-refractivity contribution in [3.8, 4) is 5.75 Å². The maximum Gasteiger partial charge on any atom is 0.326 e. The molecule has 0 radical (unpaired) electrons. The molecule has 3 rings (SSSR count). The highest BCUT2D eigenvalue weighted by Crippen LogP contribution is 2.12. The van der Waals surface area contributed by atoms with Crippen molar-refractivity contribution in [2.45, 2.75) is 56.3 Å². The van der Waals surface area contributed by atoms with Crippen molar-refractivity contribution in [1.29, 1.82) is 0 Å². The van der Waals surface area contributed by atoms with Crippen molar-refractivity contribution in [3.05, 3.63) is 66.3 Å². The molecule has 16 nitrogen and oxygen atoms in total. The summed E-state index contributed by atoms with van der Waals surface area (Å²) < 4.78 is 0. The van der Waals surface area contributed by atoms with Crippen LogP contribution >= 0.6 is 0 Å². The number of aromatic nitrogens is 4. The van der Waals surface area contributed by atoms with E-state index >= 15 is 0 Å². The van der Waals surface area contributed by atoms with Crippen molar-refractivity contribution in [3.63, 3.8) is 0 Å². The maximum atomic E-state index is 13.5. The fraction of sp³-hybridized carbons (Fsp3) is 0.346. The van der Waals surface area contributed by atoms with Crippen LogP contribution in [0.1, 0.15) is 29.8 Å². The zero-order valence-electron chi connectivity index (χ0n) is 22.3. The van der Waals surface area contributed by atoms with Crippen molar-refractivity contribution in [1.82, 2.24) is 35.9 Å². The summed E-state index contributed by atoms with van der Waals surface area (Å²) >= 11 is 0. The standard InChI is InChI=1S/C26H32N8O8/c27-18(5-6-22(36)37)23(38)32-20(8-15-10-28-12-30-15)25(40)33-19(7-14-1-3-17(35)4-2-14)24(39)34-21(26(41)42)9-16-11-29-13-31-16/h1-4,10-13,18-21,35H,5-9,27H2,(H,28,30)(H,29,31)(H,32,38)(H,33,40)(H,34,39)(H,36,37)(H,41,42). The molecule has 0 aliphatic rings. The number of imidazole rings is 2. The Bertz CT molecular complexity index is 1350. The number of aromatic amines is 2. The van der Waals surface area contributed by atoms with Crippen LogP contribution in [0.15, 0.2) is 49.3 Å². The molecular formula is C26H32N8O8. The number of aromatic hydroxyl groups is 1. The summed E-state index contributed by atoms with van der Waals surface area (Å²) in [5.74, 6) is -4.85. The average Bonchev–Trinajstić information content (AvgIpc) is 3.66. The maximum absolute atomic E-state index is 13.5. The summed E-state index contributed by atoms with van der Waals surface area (Å²) in [4.78, 5) is 75.6. The van der Waals surface area contributed by atoms with Crippen LogP contribution in [0, 0.1) is 0 Å². The minimum Gasteiger partial charge on any atom is -0.508 e. The summed E-state index contributed by atoms with van der Waals surface area (Å²) in [5, 5.41) is 35.7. The SMILES string of the molecule is NC(CCC(=O)O)C(=O)NC(Cc1cnc[nH]1)C(=O)NC(Cc1ccc(O)cc1)C(=O)NC(Cc1cnc[nH]1)C(=O)O. The molecule has 3 aromatic rings. The van der Waals surface area contributed by atoms with Crippen LogP contribution in [0.3, 0.4) is 0 Å². The largest absolute Gasteiger partial charge is 0.508 e. The highest BCUT2D eigenvalue weighted by Gasteiger charge is 2.31. The number of phenols is 1. The Balaban J connectivity index is 1.81. The number of carboxylic acids is 2. The second-order valence-corrected chi connectivity index (χ2v) is 9.49. The molecule has 4 atom stereocenters. The van der Waals surface area contributed by atoms with Crippen molar-refractivity contribution < 1.29 is 39.3 Å². The van der Waals surface area contributed by atoms with Gasteiger partial charge in [-0.2, -0.15) is 0 Å². The number of hydrogen-bond donors (Lipinski definition) is 9. The Hall–Kier alpha value is -5.25. The number of rotatable bonds is 16. The highest BCUT2D eigenvalue weighted by atomic mass is 16.4. The van der Waals surface area contributed by atoms with E-state index in [1.165, 1.54) is 49.3 Å². The van der Waals surface area contributed by atoms with Crippen molar-refractivity contribution in [2.75, 3.05) is 0 Å². The number of carbonyl (C=O) groups excluding carboxylic acids is 3. The number of nitrogens with zero attached hydrogens (tertiary/aromatic N) is 2. The first-order valence-corrected chi connectivity index (χ1v) is 12.9. The van der Waals surface area contributed by atoms with Gasteiger partial charge >= 0.3 is 11.9 Å². The zero-order chi connectivity index (χ0) is 30.6. The average molecular weight is 585 g/mol. The molecule has 0 saturated heterocycles. The number of nitrogens with one attached hydrogen (secondary N) is 5. The number of aliphatic carboxylic acids is 2. The molecule has 1 aromatic carbocycles. The first-order chi connectivity index (χ1) is 20.0. The zero-order valence-corrected chi connectivity index (χ0v) is 22.3. The summed E-state index contributed by atoms with van der Waals surface area (Å²) in [5.41, 5.74) is 7.29. The van der Waals surface area contributed by atoms with Gasteiger partial charge in [-0.3, -0.25) is 19.2 Å². The molecule has 0 spiro atoms. The first-order valence-electron chi connectivity index (χ1n) is 12.9. The van der Waals surface area contributed by atoms with E-state index in [-0.39, 0.29) is 37.9 Å². The molecule has 2 heterocycles. The molecular weight excluding hydrogens is 552 g/mol. The number of amides is 3. The number of carbonyl (C=O) groups is 5. The lowest BCUT2D eigenvalue weighted by Crippen LogP contribution is -2.58. The molecule has 16 heteroatoms. The molecule has 2 aromatic heterocycles. The molecule has 0 saturated carbocycles. The Morgan fingerprint density at radius 2 is 1.26 bits per heavy atom. The van der Waals surface area contributed by atoms with Crippen molar-refractivity contribution >= 4 is 29.7 Å². The van der Waals surface area contributed by atoms with E-state index in [0.717, 1.165) is 0 Å². The van der Waals surface area contributed by atoms with Crippen molar-refractivity contribution in [2.24, 2.45) is 5.73 Å². The second-order valence-electron chi connectivity index (χ2n) is 9.49. The minimum atomic E-state index is -1.36. The second kappa shape index (κ2) is 14.9. The van der Waals surface area contributed by atoms with Gasteiger partial charge in [0.1, 0.15) is 23.9 Å². The van der Waals surface area contributed by atoms with Gasteiger partial charge in [-0.05, 0) is 24.1 Å². The predicted molar refractivity (Wildman–Crippen MR) is 145 cm³/mol. The molecule has 224 valence electrons. The van der Waals surface area contributed by atoms with Gasteiger partial charge in [-0.25, -0.2) is 14.8 Å². The summed E-state index contributed by atoms with van der Waals surface area (Å²) in [7, 11) is 0. The van der Waals surface area contributed by atoms with Crippen LogP contribution in [0.5, 0.6) is 5.75 Å². The quantitative estimate of drug-likeness (QED) is 0.0944. The van der Waals surface area contributed by atoms with Gasteiger partial charge in [-0.15, -0.1) is 0 Å². The first kappa shape index (κ1) is 31.3. The smallest absolute Gasteiger partial charge is 0.326 e. The number of hydrogen-bond acceptors (Lipinski definition) is 9. The Labute approximate surface area is 239 Å². The van der Waals surface area contributed by atoms with E-state index in [0.29, 0.717) is 17.0 Å². The van der Waals surface area contributed by atoms with Gasteiger partial charge in [0.2, 0.25) is 17.7 Å². The number of carboxylic acid groups (broad SMARTS) is 2. The Morgan fingerprint density at radius 1 is 0.762 bits per heavy atom. The normalized spacial score (nSPS) is 13.7. The fourth-order valence-corrected chi connectivity index (χ4v) is 3.95. The van der Waals surface area contributed by atoms with E-state index < -0.39 is 53.8 Å². The minimum absolute atomic E-state index is 0.0177. The van der Waals surface area contributed by atoms with E-state index in [1.54, 1.807) is 0 Å². The van der Waals surface area contributed by atoms with Gasteiger partial charge in [-0.1, -0.05) is 12.1 Å². The summed E-state index contributed by atoms with van der Waals surface area (Å²) in [6.07, 6.45) is 4.80. The van der Waals surface area contributed by atoms with E-state index in [1.807, 2.05) is 0 Å². The van der Waals surface area contributed by atoms with Crippen LogP contribution in [0.4, 0.5) is 0 Å². The third kappa shape index (κ3) is 9.74. The van der Waals surface area contributed by atoms with E-state index in [2.05, 4.69) is 35.9 Å². The number of H-pyrrole nitrogens is 2. The van der Waals surface area contributed by atoms with Crippen LogP contribution in [-0.2, 0) is 43.2 Å². The van der Waals surface area contributed by atoms with E-state index in [4.69, 9.17) is 10.8 Å². The van der Waals surface area contributed by atoms with Gasteiger partial charge in [0, 0.05) is 49.5 Å². The number of benzene rings is 1. The number of phenolic OH excluding ortho intramolecular Hbond substituents is 1. The third-order valence-electron chi connectivity index (χ3n) is 6.22. The molecule has 4 unspecified atom stereocenters. The van der Waals surface area contributed by atoms with Crippen LogP contribution in [-0.4, -0.2) is 89.1 Å². The van der Waals surface area contributed by atoms with Gasteiger partial charge in [0.15, 0.2) is 0 Å². The molecule has 0 fully saturated rings. The Morgan fingerprint density at radius 3 is 1.76 bits per heavy atom. The summed E-state index contributed by atoms with van der Waals surface area (Å²) in [6.45, 7) is 0. The van der Waals surface area contributed by atoms with E-state index in [9.17, 15) is 34.2 Å². The van der Waals surface area contributed by atoms with Gasteiger partial charge in [0.05, 0.1) is 18.7 Å². The molecule has 0 aliphatic heterocycles. The van der Waals surface area contributed by atoms with Crippen LogP contribution in [0.2, 0.25) is 0 Å². The van der Waals surface area contributed by atoms with Crippen LogP contribution in [0.25, 0.3) is 0 Å².